The third kappa shape index (κ3) is 5.25. The van der Waals surface area contributed by atoms with E-state index in [4.69, 9.17) is 0 Å². The van der Waals surface area contributed by atoms with Crippen molar-refractivity contribution >= 4 is 29.1 Å². The molecule has 190 valence electrons. The second kappa shape index (κ2) is 10.7. The van der Waals surface area contributed by atoms with Crippen molar-refractivity contribution in [1.82, 2.24) is 9.80 Å². The Morgan fingerprint density at radius 3 is 2.06 bits per heavy atom. The van der Waals surface area contributed by atoms with Crippen molar-refractivity contribution in [3.05, 3.63) is 59.2 Å². The molecule has 0 unspecified atom stereocenters. The first-order valence-corrected chi connectivity index (χ1v) is 13.3. The highest BCUT2D eigenvalue weighted by Crippen LogP contribution is 2.31. The second-order valence-electron chi connectivity index (χ2n) is 10.3. The first-order valence-electron chi connectivity index (χ1n) is 13.3. The van der Waals surface area contributed by atoms with Gasteiger partial charge in [-0.3, -0.25) is 14.4 Å². The summed E-state index contributed by atoms with van der Waals surface area (Å²) < 4.78 is 0. The van der Waals surface area contributed by atoms with Crippen molar-refractivity contribution in [2.75, 3.05) is 49.5 Å². The topological polar surface area (TPSA) is 73.0 Å². The fraction of sp³-hybridized carbons (Fsp3) is 0.483. The monoisotopic (exact) mass is 488 g/mol. The van der Waals surface area contributed by atoms with E-state index < -0.39 is 0 Å². The van der Waals surface area contributed by atoms with Gasteiger partial charge in [0.15, 0.2) is 0 Å². The first kappa shape index (κ1) is 24.3. The van der Waals surface area contributed by atoms with Crippen LogP contribution in [0.3, 0.4) is 0 Å². The average molecular weight is 489 g/mol. The second-order valence-corrected chi connectivity index (χ2v) is 10.3. The summed E-state index contributed by atoms with van der Waals surface area (Å²) in [7, 11) is 0. The fourth-order valence-corrected chi connectivity index (χ4v) is 5.27. The van der Waals surface area contributed by atoms with Crippen molar-refractivity contribution in [1.29, 1.82) is 0 Å². The lowest BCUT2D eigenvalue weighted by Crippen LogP contribution is -2.49. The number of benzene rings is 2. The van der Waals surface area contributed by atoms with Crippen LogP contribution in [-0.4, -0.2) is 66.8 Å². The smallest absolute Gasteiger partial charge is 0.256 e. The molecule has 0 bridgehead atoms. The lowest BCUT2D eigenvalue weighted by atomic mass is 9.85. The summed E-state index contributed by atoms with van der Waals surface area (Å²) >= 11 is 0. The minimum Gasteiger partial charge on any atom is -0.367 e. The van der Waals surface area contributed by atoms with Crippen molar-refractivity contribution in [2.24, 2.45) is 5.92 Å². The molecule has 2 aliphatic heterocycles. The molecule has 7 heteroatoms. The number of hydrogen-bond donors (Lipinski definition) is 1. The van der Waals surface area contributed by atoms with Crippen LogP contribution in [0.25, 0.3) is 0 Å². The van der Waals surface area contributed by atoms with Crippen molar-refractivity contribution in [2.45, 2.75) is 45.4 Å². The Balaban J connectivity index is 1.33. The lowest BCUT2D eigenvalue weighted by Gasteiger charge is -2.37. The number of piperazine rings is 1. The van der Waals surface area contributed by atoms with E-state index in [0.29, 0.717) is 43.0 Å². The quantitative estimate of drug-likeness (QED) is 0.680. The van der Waals surface area contributed by atoms with Crippen molar-refractivity contribution in [3.8, 4) is 0 Å². The number of hydrogen-bond acceptors (Lipinski definition) is 4. The maximum atomic E-state index is 13.6. The summed E-state index contributed by atoms with van der Waals surface area (Å²) in [4.78, 5) is 45.2. The fourth-order valence-electron chi connectivity index (χ4n) is 5.27. The molecule has 1 saturated carbocycles. The Morgan fingerprint density at radius 1 is 0.750 bits per heavy atom. The van der Waals surface area contributed by atoms with Crippen molar-refractivity contribution < 1.29 is 14.4 Å². The van der Waals surface area contributed by atoms with Gasteiger partial charge in [0.2, 0.25) is 5.91 Å². The van der Waals surface area contributed by atoms with E-state index in [-0.39, 0.29) is 23.6 Å². The Morgan fingerprint density at radius 2 is 1.42 bits per heavy atom. The Hall–Kier alpha value is -3.35. The number of nitrogens with one attached hydrogen (secondary N) is 1. The van der Waals surface area contributed by atoms with E-state index in [0.717, 1.165) is 62.9 Å². The van der Waals surface area contributed by atoms with Gasteiger partial charge in [0, 0.05) is 62.1 Å². The largest absolute Gasteiger partial charge is 0.367 e. The van der Waals surface area contributed by atoms with E-state index in [1.54, 1.807) is 0 Å². The van der Waals surface area contributed by atoms with Crippen LogP contribution >= 0.6 is 0 Å². The van der Waals surface area contributed by atoms with Gasteiger partial charge in [-0.2, -0.15) is 0 Å². The van der Waals surface area contributed by atoms with Gasteiger partial charge >= 0.3 is 0 Å². The lowest BCUT2D eigenvalue weighted by molar-refractivity contribution is -0.122. The number of carbonyl (C=O) groups excluding carboxylic acids is 3. The number of aryl methyl sites for hydroxylation is 1. The molecule has 2 aromatic carbocycles. The summed E-state index contributed by atoms with van der Waals surface area (Å²) in [5.74, 6) is 0.217. The van der Waals surface area contributed by atoms with Gasteiger partial charge in [-0.1, -0.05) is 24.1 Å². The van der Waals surface area contributed by atoms with Gasteiger partial charge in [-0.25, -0.2) is 0 Å². The first-order chi connectivity index (χ1) is 17.5. The van der Waals surface area contributed by atoms with Crippen LogP contribution in [0.5, 0.6) is 0 Å². The molecule has 7 nitrogen and oxygen atoms in total. The minimum atomic E-state index is 0.0302. The molecule has 2 saturated heterocycles. The molecular formula is C29H36N4O3. The molecule has 0 aromatic heterocycles. The number of piperidine rings is 1. The van der Waals surface area contributed by atoms with Crippen LogP contribution in [0.2, 0.25) is 0 Å². The summed E-state index contributed by atoms with van der Waals surface area (Å²) in [6.07, 6.45) is 6.20. The van der Waals surface area contributed by atoms with Crippen molar-refractivity contribution in [3.63, 3.8) is 0 Å². The predicted octanol–water partition coefficient (Wildman–Crippen LogP) is 4.32. The zero-order chi connectivity index (χ0) is 25.1. The van der Waals surface area contributed by atoms with Gasteiger partial charge in [0.1, 0.15) is 0 Å². The maximum Gasteiger partial charge on any atom is 0.256 e. The zero-order valence-electron chi connectivity index (χ0n) is 21.2. The molecular weight excluding hydrogens is 452 g/mol. The molecule has 3 amide bonds. The Kier molecular flexibility index (Phi) is 7.25. The predicted molar refractivity (Wildman–Crippen MR) is 141 cm³/mol. The molecule has 3 fully saturated rings. The summed E-state index contributed by atoms with van der Waals surface area (Å²) in [6.45, 7) is 6.08. The number of nitrogens with zero attached hydrogens (tertiary/aromatic N) is 3. The van der Waals surface area contributed by atoms with Gasteiger partial charge < -0.3 is 20.0 Å². The number of amides is 3. The highest BCUT2D eigenvalue weighted by molar-refractivity contribution is 6.02. The molecule has 2 aromatic rings. The van der Waals surface area contributed by atoms with Gasteiger partial charge in [0.05, 0.1) is 5.56 Å². The summed E-state index contributed by atoms with van der Waals surface area (Å²) in [5.41, 5.74) is 4.05. The van der Waals surface area contributed by atoms with Crippen LogP contribution in [0.4, 0.5) is 11.4 Å². The molecule has 2 heterocycles. The summed E-state index contributed by atoms with van der Waals surface area (Å²) in [6, 6.07) is 13.4. The van der Waals surface area contributed by atoms with E-state index in [2.05, 4.69) is 10.2 Å². The van der Waals surface area contributed by atoms with Crippen LogP contribution in [0, 0.1) is 12.8 Å². The van der Waals surface area contributed by atoms with Crippen LogP contribution < -0.4 is 10.2 Å². The minimum absolute atomic E-state index is 0.0302. The third-order valence-electron chi connectivity index (χ3n) is 7.82. The standard InChI is InChI=1S/C29H36N4O3/c1-21-8-10-23(11-9-21)28(35)33-18-16-31(17-19-33)26-13-12-24(30-27(34)22-6-5-7-22)20-25(26)29(36)32-14-3-2-4-15-32/h8-13,20,22H,2-7,14-19H2,1H3,(H,30,34). The molecule has 3 aliphatic rings. The summed E-state index contributed by atoms with van der Waals surface area (Å²) in [5, 5.41) is 3.04. The highest BCUT2D eigenvalue weighted by atomic mass is 16.2. The number of rotatable bonds is 5. The molecule has 1 aliphatic carbocycles. The van der Waals surface area contributed by atoms with Crippen LogP contribution in [0.15, 0.2) is 42.5 Å². The Bertz CT molecular complexity index is 1110. The highest BCUT2D eigenvalue weighted by Gasteiger charge is 2.29. The maximum absolute atomic E-state index is 13.6. The number of likely N-dealkylation sites (tertiary alicyclic amines) is 1. The molecule has 0 spiro atoms. The van der Waals surface area contributed by atoms with E-state index >= 15 is 0 Å². The van der Waals surface area contributed by atoms with E-state index in [9.17, 15) is 14.4 Å². The molecule has 5 rings (SSSR count). The molecule has 0 atom stereocenters. The van der Waals surface area contributed by atoms with Gasteiger partial charge in [-0.15, -0.1) is 0 Å². The van der Waals surface area contributed by atoms with E-state index in [1.807, 2.05) is 59.2 Å². The Labute approximate surface area is 213 Å². The zero-order valence-corrected chi connectivity index (χ0v) is 21.2. The number of anilines is 2. The average Bonchev–Trinajstić information content (AvgIpc) is 2.88. The molecule has 36 heavy (non-hydrogen) atoms. The number of carbonyl (C=O) groups is 3. The normalized spacial score (nSPS) is 18.5. The molecule has 1 N–H and O–H groups in total. The van der Waals surface area contributed by atoms with Gasteiger partial charge in [0.25, 0.3) is 11.8 Å². The SMILES string of the molecule is Cc1ccc(C(=O)N2CCN(c3ccc(NC(=O)C4CCC4)cc3C(=O)N3CCCCC3)CC2)cc1. The molecule has 0 radical (unpaired) electrons. The third-order valence-corrected chi connectivity index (χ3v) is 7.82. The van der Waals surface area contributed by atoms with Crippen LogP contribution in [0.1, 0.15) is 64.8 Å². The van der Waals surface area contributed by atoms with E-state index in [1.165, 1.54) is 0 Å². The van der Waals surface area contributed by atoms with Gasteiger partial charge in [-0.05, 0) is 69.4 Å². The van der Waals surface area contributed by atoms with Crippen LogP contribution in [-0.2, 0) is 4.79 Å².